The Labute approximate surface area is 151 Å². The Bertz CT molecular complexity index is 658. The number of carbonyl (C=O) groups is 1. The summed E-state index contributed by atoms with van der Waals surface area (Å²) in [5, 5.41) is 3.03. The van der Waals surface area contributed by atoms with Crippen LogP contribution in [0.15, 0.2) is 54.6 Å². The molecule has 0 bridgehead atoms. The van der Waals surface area contributed by atoms with Gasteiger partial charge in [-0.15, -0.1) is 0 Å². The summed E-state index contributed by atoms with van der Waals surface area (Å²) >= 11 is 0. The summed E-state index contributed by atoms with van der Waals surface area (Å²) in [5.74, 6) is 0.288. The van der Waals surface area contributed by atoms with Crippen LogP contribution in [0.2, 0.25) is 0 Å². The third kappa shape index (κ3) is 5.09. The van der Waals surface area contributed by atoms with Crippen molar-refractivity contribution in [2.24, 2.45) is 0 Å². The molecule has 132 valence electrons. The first-order valence-electron chi connectivity index (χ1n) is 9.42. The number of anilines is 2. The van der Waals surface area contributed by atoms with Crippen LogP contribution in [0, 0.1) is 0 Å². The first kappa shape index (κ1) is 17.5. The van der Waals surface area contributed by atoms with E-state index in [4.69, 9.17) is 0 Å². The molecule has 2 aromatic rings. The van der Waals surface area contributed by atoms with E-state index < -0.39 is 0 Å². The molecule has 3 heteroatoms. The minimum absolute atomic E-state index is 0.0684. The van der Waals surface area contributed by atoms with Crippen LogP contribution >= 0.6 is 0 Å². The number of rotatable bonds is 5. The predicted molar refractivity (Wildman–Crippen MR) is 105 cm³/mol. The van der Waals surface area contributed by atoms with Gasteiger partial charge in [-0.3, -0.25) is 4.79 Å². The number of hydrogen-bond acceptors (Lipinski definition) is 2. The minimum Gasteiger partial charge on any atom is -0.372 e. The van der Waals surface area contributed by atoms with Gasteiger partial charge in [0.1, 0.15) is 0 Å². The second-order valence-electron chi connectivity index (χ2n) is 7.01. The highest BCUT2D eigenvalue weighted by atomic mass is 16.1. The molecule has 0 saturated carbocycles. The Morgan fingerprint density at radius 2 is 1.60 bits per heavy atom. The van der Waals surface area contributed by atoms with Gasteiger partial charge in [-0.2, -0.15) is 0 Å². The van der Waals surface area contributed by atoms with Gasteiger partial charge < -0.3 is 10.2 Å². The van der Waals surface area contributed by atoms with Gasteiger partial charge in [-0.25, -0.2) is 0 Å². The average molecular weight is 336 g/mol. The Morgan fingerprint density at radius 3 is 2.24 bits per heavy atom. The van der Waals surface area contributed by atoms with Crippen LogP contribution in [0.5, 0.6) is 0 Å². The third-order valence-corrected chi connectivity index (χ3v) is 4.98. The molecule has 25 heavy (non-hydrogen) atoms. The SMILES string of the molecule is C[C@@H](CC(=O)Nc1ccc(N2CCCCCC2)cc1)c1ccccc1. The molecule has 0 aromatic heterocycles. The second-order valence-corrected chi connectivity index (χ2v) is 7.01. The summed E-state index contributed by atoms with van der Waals surface area (Å²) in [6, 6.07) is 18.5. The lowest BCUT2D eigenvalue weighted by atomic mass is 9.97. The van der Waals surface area contributed by atoms with E-state index in [2.05, 4.69) is 41.4 Å². The van der Waals surface area contributed by atoms with Gasteiger partial charge >= 0.3 is 0 Å². The van der Waals surface area contributed by atoms with Crippen LogP contribution in [0.4, 0.5) is 11.4 Å². The van der Waals surface area contributed by atoms with Crippen molar-refractivity contribution in [3.05, 3.63) is 60.2 Å². The maximum Gasteiger partial charge on any atom is 0.224 e. The summed E-state index contributed by atoms with van der Waals surface area (Å²) in [7, 11) is 0. The van der Waals surface area contributed by atoms with Crippen LogP contribution in [0.1, 0.15) is 50.5 Å². The van der Waals surface area contributed by atoms with Crippen LogP contribution in [-0.4, -0.2) is 19.0 Å². The molecule has 1 aliphatic heterocycles. The van der Waals surface area contributed by atoms with E-state index >= 15 is 0 Å². The fourth-order valence-electron chi connectivity index (χ4n) is 3.47. The van der Waals surface area contributed by atoms with Crippen molar-refractivity contribution >= 4 is 17.3 Å². The van der Waals surface area contributed by atoms with Crippen molar-refractivity contribution in [2.45, 2.75) is 44.9 Å². The number of nitrogens with zero attached hydrogens (tertiary/aromatic N) is 1. The number of nitrogens with one attached hydrogen (secondary N) is 1. The number of hydrogen-bond donors (Lipinski definition) is 1. The smallest absolute Gasteiger partial charge is 0.224 e. The molecule has 1 N–H and O–H groups in total. The summed E-state index contributed by atoms with van der Waals surface area (Å²) in [5.41, 5.74) is 3.34. The maximum atomic E-state index is 12.3. The lowest BCUT2D eigenvalue weighted by Gasteiger charge is -2.22. The van der Waals surface area contributed by atoms with E-state index in [1.807, 2.05) is 30.3 Å². The summed E-state index contributed by atoms with van der Waals surface area (Å²) in [4.78, 5) is 14.8. The molecule has 1 aliphatic rings. The fourth-order valence-corrected chi connectivity index (χ4v) is 3.47. The molecular weight excluding hydrogens is 308 g/mol. The topological polar surface area (TPSA) is 32.3 Å². The van der Waals surface area contributed by atoms with Gasteiger partial charge in [0.15, 0.2) is 0 Å². The molecule has 3 rings (SSSR count). The summed E-state index contributed by atoms with van der Waals surface area (Å²) < 4.78 is 0. The number of amides is 1. The van der Waals surface area contributed by atoms with E-state index in [1.54, 1.807) is 0 Å². The van der Waals surface area contributed by atoms with E-state index in [-0.39, 0.29) is 11.8 Å². The second kappa shape index (κ2) is 8.70. The molecule has 0 unspecified atom stereocenters. The molecule has 2 aromatic carbocycles. The Morgan fingerprint density at radius 1 is 0.960 bits per heavy atom. The molecule has 1 atom stereocenters. The van der Waals surface area contributed by atoms with Crippen LogP contribution in [-0.2, 0) is 4.79 Å². The largest absolute Gasteiger partial charge is 0.372 e. The molecule has 1 amide bonds. The Kier molecular flexibility index (Phi) is 6.10. The molecule has 1 fully saturated rings. The fraction of sp³-hybridized carbons (Fsp3) is 0.409. The van der Waals surface area contributed by atoms with Crippen LogP contribution in [0.3, 0.4) is 0 Å². The van der Waals surface area contributed by atoms with Crippen molar-refractivity contribution < 1.29 is 4.79 Å². The van der Waals surface area contributed by atoms with E-state index in [0.717, 1.165) is 18.8 Å². The highest BCUT2D eigenvalue weighted by molar-refractivity contribution is 5.91. The molecular formula is C22H28N2O. The van der Waals surface area contributed by atoms with Crippen molar-refractivity contribution in [1.29, 1.82) is 0 Å². The van der Waals surface area contributed by atoms with Crippen molar-refractivity contribution in [3.63, 3.8) is 0 Å². The van der Waals surface area contributed by atoms with Gasteiger partial charge in [0.2, 0.25) is 5.91 Å². The average Bonchev–Trinajstić information content (AvgIpc) is 2.92. The van der Waals surface area contributed by atoms with E-state index in [1.165, 1.54) is 36.9 Å². The predicted octanol–water partition coefficient (Wildman–Crippen LogP) is 5.20. The lowest BCUT2D eigenvalue weighted by Crippen LogP contribution is -2.23. The van der Waals surface area contributed by atoms with Gasteiger partial charge in [0.05, 0.1) is 0 Å². The molecule has 0 radical (unpaired) electrons. The first-order chi connectivity index (χ1) is 12.2. The maximum absolute atomic E-state index is 12.3. The normalized spacial score (nSPS) is 16.1. The zero-order valence-corrected chi connectivity index (χ0v) is 15.1. The van der Waals surface area contributed by atoms with Crippen molar-refractivity contribution in [2.75, 3.05) is 23.3 Å². The standard InChI is InChI=1S/C22H28N2O/c1-18(19-9-5-4-6-10-19)17-22(25)23-20-11-13-21(14-12-20)24-15-7-2-3-8-16-24/h4-6,9-14,18H,2-3,7-8,15-17H2,1H3,(H,23,25)/t18-/m0/s1. The number of benzene rings is 2. The molecule has 0 aliphatic carbocycles. The van der Waals surface area contributed by atoms with Crippen molar-refractivity contribution in [1.82, 2.24) is 0 Å². The first-order valence-corrected chi connectivity index (χ1v) is 9.42. The molecule has 3 nitrogen and oxygen atoms in total. The monoisotopic (exact) mass is 336 g/mol. The van der Waals surface area contributed by atoms with E-state index in [0.29, 0.717) is 6.42 Å². The summed E-state index contributed by atoms with van der Waals surface area (Å²) in [6.45, 7) is 4.37. The van der Waals surface area contributed by atoms with Crippen LogP contribution < -0.4 is 10.2 Å². The highest BCUT2D eigenvalue weighted by Gasteiger charge is 2.12. The highest BCUT2D eigenvalue weighted by Crippen LogP contribution is 2.23. The molecule has 0 spiro atoms. The quantitative estimate of drug-likeness (QED) is 0.814. The Balaban J connectivity index is 1.54. The van der Waals surface area contributed by atoms with Gasteiger partial charge in [0.25, 0.3) is 0 Å². The Hall–Kier alpha value is -2.29. The zero-order chi connectivity index (χ0) is 17.5. The lowest BCUT2D eigenvalue weighted by molar-refractivity contribution is -0.116. The van der Waals surface area contributed by atoms with Crippen molar-refractivity contribution in [3.8, 4) is 0 Å². The van der Waals surface area contributed by atoms with Gasteiger partial charge in [-0.1, -0.05) is 50.1 Å². The van der Waals surface area contributed by atoms with E-state index in [9.17, 15) is 4.79 Å². The molecule has 1 heterocycles. The summed E-state index contributed by atoms with van der Waals surface area (Å²) in [6.07, 6.45) is 5.72. The van der Waals surface area contributed by atoms with Gasteiger partial charge in [0, 0.05) is 30.9 Å². The third-order valence-electron chi connectivity index (χ3n) is 4.98. The molecule has 1 saturated heterocycles. The minimum atomic E-state index is 0.0684. The van der Waals surface area contributed by atoms with Gasteiger partial charge in [-0.05, 0) is 48.6 Å². The number of carbonyl (C=O) groups excluding carboxylic acids is 1. The zero-order valence-electron chi connectivity index (χ0n) is 15.1. The van der Waals surface area contributed by atoms with Crippen LogP contribution in [0.25, 0.3) is 0 Å².